The minimum absolute atomic E-state index is 0. The van der Waals surface area contributed by atoms with Gasteiger partial charge in [0.25, 0.3) is 0 Å². The molecule has 0 fully saturated rings. The Balaban J connectivity index is 0.000000379. The third kappa shape index (κ3) is 13.8. The van der Waals surface area contributed by atoms with Crippen LogP contribution in [0.4, 0.5) is 0 Å². The van der Waals surface area contributed by atoms with Crippen molar-refractivity contribution in [3.8, 4) is 28.0 Å². The maximum atomic E-state index is 6.13. The number of rotatable bonds is 3. The number of hydrogen-bond acceptors (Lipinski definition) is 1. The number of ether oxygens (including phenoxy) is 1. The van der Waals surface area contributed by atoms with Gasteiger partial charge in [-0.3, -0.25) is 0 Å². The molecule has 330 valence electrons. The SMILES string of the molecule is COc1c(C(C)(C)C)cc2[cH-]c(C)cc2c1-c1cc(C(C)(C)C)cc(C(C)(C)C)c1.C[Si](C)=[Zr+2].Cc1cc(-c2cc(C(C)(C)C)cc(C(C)(C)C)c2)c2cc(C)[cH-]c2c1.[Cl-].[Cl-]. The molecule has 6 aromatic carbocycles. The van der Waals surface area contributed by atoms with Gasteiger partial charge in [0.1, 0.15) is 5.75 Å². The molecule has 0 spiro atoms. The minimum atomic E-state index is -0.00600. The van der Waals surface area contributed by atoms with Crippen LogP contribution in [0.15, 0.2) is 78.9 Å². The fourth-order valence-corrected chi connectivity index (χ4v) is 7.69. The van der Waals surface area contributed by atoms with Crippen molar-refractivity contribution in [1.29, 1.82) is 0 Å². The molecule has 0 aliphatic carbocycles. The second-order valence-electron chi connectivity index (χ2n) is 22.6. The van der Waals surface area contributed by atoms with E-state index < -0.39 is 0 Å². The van der Waals surface area contributed by atoms with Gasteiger partial charge in [0.2, 0.25) is 0 Å². The van der Waals surface area contributed by atoms with Crippen LogP contribution in [0.1, 0.15) is 148 Å². The average Bonchev–Trinajstić information content (AvgIpc) is 3.64. The van der Waals surface area contributed by atoms with Crippen molar-refractivity contribution in [1.82, 2.24) is 0 Å². The second-order valence-corrected chi connectivity index (χ2v) is 31.9. The zero-order chi connectivity index (χ0) is 44.8. The van der Waals surface area contributed by atoms with Gasteiger partial charge < -0.3 is 29.6 Å². The first-order chi connectivity index (χ1) is 26.8. The topological polar surface area (TPSA) is 9.23 Å². The van der Waals surface area contributed by atoms with Crippen molar-refractivity contribution in [3.05, 3.63) is 123 Å². The Kier molecular flexibility index (Phi) is 18.1. The number of aryl methyl sites for hydroxylation is 3. The monoisotopic (exact) mass is 952 g/mol. The van der Waals surface area contributed by atoms with E-state index in [0.717, 1.165) is 5.75 Å². The Morgan fingerprint density at radius 2 is 0.836 bits per heavy atom. The standard InChI is InChI=1S/C29H39O.C25H31.C2H6Si.2ClH.Zr/c1-18-12-19-16-24(29(8,9)10)26(30-11)25(23(19)13-18)20-14-21(27(2,3)4)17-22(15-20)28(5,6)7;1-16-9-18-10-17(2)12-23(22(18)11-16)19-13-20(24(3,4)5)15-21(14-19)25(6,7)8;1-3-2;;;/h12-17H,1-11H3;9-15H,1-8H3;1-2H3;2*1H;/q2*-1;;;;+2/p-2. The van der Waals surface area contributed by atoms with Crippen molar-refractivity contribution in [2.75, 3.05) is 7.11 Å². The van der Waals surface area contributed by atoms with E-state index in [2.05, 4.69) is 217 Å². The number of hydrogen-bond donors (Lipinski definition) is 0. The van der Waals surface area contributed by atoms with Crippen molar-refractivity contribution in [3.63, 3.8) is 0 Å². The normalized spacial score (nSPS) is 12.2. The maximum Gasteiger partial charge on any atom is -0.0132 e. The average molecular weight is 955 g/mol. The van der Waals surface area contributed by atoms with Crippen molar-refractivity contribution >= 4 is 27.0 Å². The largest absolute Gasteiger partial charge is 1.00 e. The van der Waals surface area contributed by atoms with Gasteiger partial charge in [0.15, 0.2) is 0 Å². The first-order valence-corrected chi connectivity index (χ1v) is 27.8. The molecule has 0 atom stereocenters. The zero-order valence-electron chi connectivity index (χ0n) is 41.7. The van der Waals surface area contributed by atoms with Gasteiger partial charge in [-0.25, -0.2) is 0 Å². The molecule has 0 heterocycles. The second kappa shape index (κ2) is 20.2. The van der Waals surface area contributed by atoms with Crippen LogP contribution in [0.3, 0.4) is 0 Å². The summed E-state index contributed by atoms with van der Waals surface area (Å²) >= 11 is 1.74. The van der Waals surface area contributed by atoms with E-state index in [1.54, 1.807) is 23.3 Å². The molecule has 0 amide bonds. The van der Waals surface area contributed by atoms with E-state index in [1.807, 2.05) is 7.11 Å². The van der Waals surface area contributed by atoms with Gasteiger partial charge in [-0.05, 0) is 78.5 Å². The van der Waals surface area contributed by atoms with Crippen LogP contribution in [0.2, 0.25) is 13.1 Å². The van der Waals surface area contributed by atoms with Gasteiger partial charge in [-0.2, -0.15) is 12.1 Å². The molecular weight excluding hydrogens is 879 g/mol. The molecule has 0 unspecified atom stereocenters. The molecule has 6 aromatic rings. The fourth-order valence-electron chi connectivity index (χ4n) is 7.69. The van der Waals surface area contributed by atoms with Crippen LogP contribution >= 0.6 is 0 Å². The molecular formula is C56H76Cl2OSiZr-2. The minimum Gasteiger partial charge on any atom is -1.00 e. The maximum absolute atomic E-state index is 6.13. The summed E-state index contributed by atoms with van der Waals surface area (Å²) < 4.78 is 6.13. The summed E-state index contributed by atoms with van der Waals surface area (Å²) in [4.78, 5) is 0. The third-order valence-electron chi connectivity index (χ3n) is 11.2. The Labute approximate surface area is 400 Å². The van der Waals surface area contributed by atoms with Crippen molar-refractivity contribution in [2.45, 2.75) is 165 Å². The van der Waals surface area contributed by atoms with Crippen LogP contribution in [0.25, 0.3) is 43.8 Å². The molecule has 0 radical (unpaired) electrons. The molecule has 0 saturated heterocycles. The third-order valence-corrected chi connectivity index (χ3v) is 11.2. The van der Waals surface area contributed by atoms with Gasteiger partial charge in [-0.15, -0.1) is 56.9 Å². The van der Waals surface area contributed by atoms with Gasteiger partial charge in [0.05, 0.1) is 7.11 Å². The molecule has 0 aliphatic rings. The number of fused-ring (bicyclic) bond motifs is 2. The number of methoxy groups -OCH3 is 1. The molecule has 0 bridgehead atoms. The van der Waals surface area contributed by atoms with Crippen LogP contribution in [0, 0.1) is 20.8 Å². The molecule has 61 heavy (non-hydrogen) atoms. The molecule has 0 aliphatic heterocycles. The summed E-state index contributed by atoms with van der Waals surface area (Å²) in [6, 6.07) is 30.5. The van der Waals surface area contributed by atoms with E-state index in [1.165, 1.54) is 88.3 Å². The summed E-state index contributed by atoms with van der Waals surface area (Å²) in [6.45, 7) is 45.6. The molecule has 0 saturated carbocycles. The summed E-state index contributed by atoms with van der Waals surface area (Å²) in [5.74, 6) is 1.01. The van der Waals surface area contributed by atoms with Crippen LogP contribution < -0.4 is 29.6 Å². The summed E-state index contributed by atoms with van der Waals surface area (Å²) in [6.07, 6.45) is 0. The quantitative estimate of drug-likeness (QED) is 0.127. The number of halogens is 2. The first kappa shape index (κ1) is 54.7. The number of benzene rings is 4. The van der Waals surface area contributed by atoms with Gasteiger partial charge in [-0.1, -0.05) is 171 Å². The Morgan fingerprint density at radius 3 is 1.20 bits per heavy atom. The molecule has 0 N–H and O–H groups in total. The molecule has 5 heteroatoms. The smallest absolute Gasteiger partial charge is 0.0132 e. The van der Waals surface area contributed by atoms with E-state index in [9.17, 15) is 0 Å². The van der Waals surface area contributed by atoms with Crippen LogP contribution in [0.5, 0.6) is 5.75 Å². The predicted molar refractivity (Wildman–Crippen MR) is 262 cm³/mol. The van der Waals surface area contributed by atoms with Crippen molar-refractivity contribution < 1.29 is 52.9 Å². The zero-order valence-corrected chi connectivity index (χ0v) is 46.6. The molecule has 0 aromatic heterocycles. The van der Waals surface area contributed by atoms with E-state index in [-0.39, 0.29) is 57.3 Å². The molecule has 1 nitrogen and oxygen atoms in total. The van der Waals surface area contributed by atoms with Crippen LogP contribution in [-0.2, 0) is 50.4 Å². The van der Waals surface area contributed by atoms with Crippen LogP contribution in [-0.4, -0.2) is 12.5 Å². The van der Waals surface area contributed by atoms with Crippen molar-refractivity contribution in [2.24, 2.45) is 0 Å². The molecule has 6 rings (SSSR count). The Bertz CT molecular complexity index is 2390. The fraction of sp³-hybridized carbons (Fsp3) is 0.464. The first-order valence-electron chi connectivity index (χ1n) is 21.6. The van der Waals surface area contributed by atoms with E-state index >= 15 is 0 Å². The van der Waals surface area contributed by atoms with Gasteiger partial charge >= 0.3 is 41.9 Å². The summed E-state index contributed by atoms with van der Waals surface area (Å²) in [7, 11) is 1.81. The Hall–Kier alpha value is -2.42. The summed E-state index contributed by atoms with van der Waals surface area (Å²) in [5.41, 5.74) is 16.6. The van der Waals surface area contributed by atoms with E-state index in [0.29, 0.717) is 0 Å². The van der Waals surface area contributed by atoms with E-state index in [4.69, 9.17) is 4.74 Å². The van der Waals surface area contributed by atoms with Gasteiger partial charge in [0, 0.05) is 0 Å². The predicted octanol–water partition coefficient (Wildman–Crippen LogP) is 10.7. The summed E-state index contributed by atoms with van der Waals surface area (Å²) in [5, 5.41) is 5.30. The Morgan fingerprint density at radius 1 is 0.475 bits per heavy atom.